The van der Waals surface area contributed by atoms with Crippen molar-refractivity contribution in [2.45, 2.75) is 33.1 Å². The minimum Gasteiger partial charge on any atom is -0.493 e. The number of nitrogens with one attached hydrogen (secondary N) is 1. The Morgan fingerprint density at radius 1 is 0.935 bits per heavy atom. The van der Waals surface area contributed by atoms with Gasteiger partial charge in [0.15, 0.2) is 23.0 Å². The van der Waals surface area contributed by atoms with Gasteiger partial charge >= 0.3 is 0 Å². The van der Waals surface area contributed by atoms with Crippen LogP contribution in [0.1, 0.15) is 37.8 Å². The second kappa shape index (κ2) is 13.2. The predicted molar refractivity (Wildman–Crippen MR) is 123 cm³/mol. The molecule has 0 saturated carbocycles. The first-order valence-corrected chi connectivity index (χ1v) is 10.7. The van der Waals surface area contributed by atoms with Crippen LogP contribution >= 0.6 is 0 Å². The molecule has 0 bridgehead atoms. The van der Waals surface area contributed by atoms with Gasteiger partial charge in [0.2, 0.25) is 5.91 Å². The normalized spacial score (nSPS) is 10.7. The molecule has 0 spiro atoms. The largest absolute Gasteiger partial charge is 0.493 e. The molecule has 0 aliphatic carbocycles. The molecule has 1 N–H and O–H groups in total. The summed E-state index contributed by atoms with van der Waals surface area (Å²) in [6.45, 7) is 5.79. The van der Waals surface area contributed by atoms with Crippen LogP contribution in [0.5, 0.6) is 23.0 Å². The van der Waals surface area contributed by atoms with Gasteiger partial charge in [-0.15, -0.1) is 0 Å². The van der Waals surface area contributed by atoms with Gasteiger partial charge in [-0.2, -0.15) is 0 Å². The molecule has 0 fully saturated rings. The number of amides is 1. The molecule has 0 aromatic heterocycles. The van der Waals surface area contributed by atoms with Crippen LogP contribution < -0.4 is 24.3 Å². The standard InChI is InChI=1S/C25H33NO5/c1-5-7-16-31-22-12-9-19(18-24(22)30-6-2)10-13-25(27)26-15-14-20-8-11-21(28-3)23(17-20)29-4/h8-13,17-18H,5-7,14-16H2,1-4H3,(H,26,27)/b13-10+. The maximum atomic E-state index is 12.2. The second-order valence-electron chi connectivity index (χ2n) is 6.90. The molecule has 31 heavy (non-hydrogen) atoms. The van der Waals surface area contributed by atoms with E-state index in [4.69, 9.17) is 18.9 Å². The minimum atomic E-state index is -0.151. The zero-order valence-corrected chi connectivity index (χ0v) is 18.9. The summed E-state index contributed by atoms with van der Waals surface area (Å²) in [5.41, 5.74) is 1.93. The van der Waals surface area contributed by atoms with Gasteiger partial charge < -0.3 is 24.3 Å². The Morgan fingerprint density at radius 3 is 2.42 bits per heavy atom. The highest BCUT2D eigenvalue weighted by Gasteiger charge is 2.07. The molecule has 0 radical (unpaired) electrons. The summed E-state index contributed by atoms with van der Waals surface area (Å²) in [5.74, 6) is 2.63. The fraction of sp³-hybridized carbons (Fsp3) is 0.400. The Kier molecular flexibility index (Phi) is 10.3. The van der Waals surface area contributed by atoms with Crippen LogP contribution in [0.15, 0.2) is 42.5 Å². The number of hydrogen-bond donors (Lipinski definition) is 1. The van der Waals surface area contributed by atoms with Gasteiger partial charge in [-0.05, 0) is 61.2 Å². The van der Waals surface area contributed by atoms with Crippen molar-refractivity contribution in [1.82, 2.24) is 5.32 Å². The van der Waals surface area contributed by atoms with Gasteiger partial charge in [0.25, 0.3) is 0 Å². The molecule has 1 amide bonds. The van der Waals surface area contributed by atoms with Crippen molar-refractivity contribution in [2.24, 2.45) is 0 Å². The van der Waals surface area contributed by atoms with E-state index in [1.54, 1.807) is 20.3 Å². The lowest BCUT2D eigenvalue weighted by molar-refractivity contribution is -0.116. The fourth-order valence-corrected chi connectivity index (χ4v) is 2.94. The Hall–Kier alpha value is -3.15. The van der Waals surface area contributed by atoms with E-state index in [9.17, 15) is 4.79 Å². The smallest absolute Gasteiger partial charge is 0.244 e. The average molecular weight is 428 g/mol. The number of hydrogen-bond acceptors (Lipinski definition) is 5. The summed E-state index contributed by atoms with van der Waals surface area (Å²) in [4.78, 5) is 12.2. The van der Waals surface area contributed by atoms with Crippen molar-refractivity contribution < 1.29 is 23.7 Å². The quantitative estimate of drug-likeness (QED) is 0.372. The molecule has 168 valence electrons. The van der Waals surface area contributed by atoms with E-state index in [0.717, 1.165) is 29.7 Å². The van der Waals surface area contributed by atoms with Crippen molar-refractivity contribution in [3.63, 3.8) is 0 Å². The summed E-state index contributed by atoms with van der Waals surface area (Å²) in [6, 6.07) is 11.4. The van der Waals surface area contributed by atoms with Gasteiger partial charge in [0.05, 0.1) is 27.4 Å². The Bertz CT molecular complexity index is 863. The maximum Gasteiger partial charge on any atom is 0.244 e. The van der Waals surface area contributed by atoms with E-state index in [0.29, 0.717) is 43.4 Å². The summed E-state index contributed by atoms with van der Waals surface area (Å²) >= 11 is 0. The van der Waals surface area contributed by atoms with Crippen LogP contribution in [0.25, 0.3) is 6.08 Å². The van der Waals surface area contributed by atoms with Crippen LogP contribution in [0, 0.1) is 0 Å². The van der Waals surface area contributed by atoms with Gasteiger partial charge in [-0.3, -0.25) is 4.79 Å². The van der Waals surface area contributed by atoms with Gasteiger partial charge in [0, 0.05) is 12.6 Å². The van der Waals surface area contributed by atoms with Crippen molar-refractivity contribution in [3.8, 4) is 23.0 Å². The monoisotopic (exact) mass is 427 g/mol. The molecule has 6 heteroatoms. The third-order valence-corrected chi connectivity index (χ3v) is 4.61. The van der Waals surface area contributed by atoms with Crippen LogP contribution in [-0.4, -0.2) is 39.9 Å². The van der Waals surface area contributed by atoms with Gasteiger partial charge in [0.1, 0.15) is 0 Å². The van der Waals surface area contributed by atoms with Crippen LogP contribution in [-0.2, 0) is 11.2 Å². The molecular formula is C25H33NO5. The third-order valence-electron chi connectivity index (χ3n) is 4.61. The second-order valence-corrected chi connectivity index (χ2v) is 6.90. The molecule has 0 aliphatic rings. The molecule has 0 atom stereocenters. The Balaban J connectivity index is 1.90. The van der Waals surface area contributed by atoms with Crippen LogP contribution in [0.3, 0.4) is 0 Å². The Morgan fingerprint density at radius 2 is 1.71 bits per heavy atom. The van der Waals surface area contributed by atoms with E-state index in [1.807, 2.05) is 43.3 Å². The van der Waals surface area contributed by atoms with E-state index >= 15 is 0 Å². The van der Waals surface area contributed by atoms with E-state index in [-0.39, 0.29) is 5.91 Å². The third kappa shape index (κ3) is 7.89. The van der Waals surface area contributed by atoms with Crippen LogP contribution in [0.4, 0.5) is 0 Å². The minimum absolute atomic E-state index is 0.151. The Labute approximate surface area is 185 Å². The lowest BCUT2D eigenvalue weighted by atomic mass is 10.1. The molecule has 6 nitrogen and oxygen atoms in total. The highest BCUT2D eigenvalue weighted by molar-refractivity contribution is 5.91. The van der Waals surface area contributed by atoms with Gasteiger partial charge in [-0.1, -0.05) is 25.5 Å². The van der Waals surface area contributed by atoms with E-state index in [1.165, 1.54) is 6.08 Å². The number of ether oxygens (including phenoxy) is 4. The highest BCUT2D eigenvalue weighted by Crippen LogP contribution is 2.29. The zero-order valence-electron chi connectivity index (χ0n) is 18.9. The number of unbranched alkanes of at least 4 members (excludes halogenated alkanes) is 1. The van der Waals surface area contributed by atoms with Gasteiger partial charge in [-0.25, -0.2) is 0 Å². The number of carbonyl (C=O) groups is 1. The van der Waals surface area contributed by atoms with E-state index in [2.05, 4.69) is 12.2 Å². The molecule has 0 saturated heterocycles. The van der Waals surface area contributed by atoms with Crippen molar-refractivity contribution in [3.05, 3.63) is 53.6 Å². The topological polar surface area (TPSA) is 66.0 Å². The fourth-order valence-electron chi connectivity index (χ4n) is 2.94. The first-order valence-electron chi connectivity index (χ1n) is 10.7. The summed E-state index contributed by atoms with van der Waals surface area (Å²) < 4.78 is 22.0. The highest BCUT2D eigenvalue weighted by atomic mass is 16.5. The molecule has 2 rings (SSSR count). The van der Waals surface area contributed by atoms with Crippen molar-refractivity contribution >= 4 is 12.0 Å². The molecule has 2 aromatic carbocycles. The van der Waals surface area contributed by atoms with Crippen molar-refractivity contribution in [2.75, 3.05) is 34.0 Å². The molecule has 0 aliphatic heterocycles. The summed E-state index contributed by atoms with van der Waals surface area (Å²) in [7, 11) is 3.21. The number of methoxy groups -OCH3 is 2. The number of rotatable bonds is 13. The number of benzene rings is 2. The number of carbonyl (C=O) groups excluding carboxylic acids is 1. The molecular weight excluding hydrogens is 394 g/mol. The van der Waals surface area contributed by atoms with E-state index < -0.39 is 0 Å². The summed E-state index contributed by atoms with van der Waals surface area (Å²) in [6.07, 6.45) is 6.06. The maximum absolute atomic E-state index is 12.2. The summed E-state index contributed by atoms with van der Waals surface area (Å²) in [5, 5.41) is 2.90. The zero-order chi connectivity index (χ0) is 22.5. The average Bonchev–Trinajstić information content (AvgIpc) is 2.79. The predicted octanol–water partition coefficient (Wildman–Crippen LogP) is 4.65. The van der Waals surface area contributed by atoms with Crippen molar-refractivity contribution in [1.29, 1.82) is 0 Å². The lowest BCUT2D eigenvalue weighted by Gasteiger charge is -2.12. The SMILES string of the molecule is CCCCOc1ccc(/C=C/C(=O)NCCc2ccc(OC)c(OC)c2)cc1OCC. The molecule has 0 unspecified atom stereocenters. The first-order chi connectivity index (χ1) is 15.1. The lowest BCUT2D eigenvalue weighted by Crippen LogP contribution is -2.23. The molecule has 2 aromatic rings. The first kappa shape index (κ1) is 24.1. The van der Waals surface area contributed by atoms with Crippen LogP contribution in [0.2, 0.25) is 0 Å². The molecule has 0 heterocycles.